The lowest BCUT2D eigenvalue weighted by atomic mass is 10.1. The van der Waals surface area contributed by atoms with Crippen molar-refractivity contribution in [3.05, 3.63) is 0 Å². The number of nitrogens with one attached hydrogen (secondary N) is 1. The van der Waals surface area contributed by atoms with Crippen LogP contribution in [0.3, 0.4) is 0 Å². The van der Waals surface area contributed by atoms with E-state index < -0.39 is 0 Å². The Balaban J connectivity index is 2.25. The van der Waals surface area contributed by atoms with Crippen molar-refractivity contribution in [2.45, 2.75) is 40.2 Å². The molecular formula is C9H19N. The smallest absolute Gasteiger partial charge is 0.00721 e. The number of hydrogen-bond acceptors (Lipinski definition) is 1. The third kappa shape index (κ3) is 1.51. The first-order chi connectivity index (χ1) is 4.58. The minimum Gasteiger partial charge on any atom is -0.314 e. The highest BCUT2D eigenvalue weighted by Crippen LogP contribution is 2.53. The van der Waals surface area contributed by atoms with Crippen LogP contribution in [0.5, 0.6) is 0 Å². The standard InChI is InChI=1S/C9H19N/c1-5-10-7(2)8-6-9(8,3)4/h7-8,10H,5-6H2,1-4H3. The van der Waals surface area contributed by atoms with Gasteiger partial charge in [0.25, 0.3) is 0 Å². The number of rotatable bonds is 3. The molecule has 1 saturated carbocycles. The Bertz CT molecular complexity index is 118. The molecule has 1 N–H and O–H groups in total. The van der Waals surface area contributed by atoms with Gasteiger partial charge in [-0.05, 0) is 31.2 Å². The largest absolute Gasteiger partial charge is 0.314 e. The van der Waals surface area contributed by atoms with Crippen molar-refractivity contribution in [1.82, 2.24) is 5.32 Å². The molecule has 1 aliphatic carbocycles. The van der Waals surface area contributed by atoms with Gasteiger partial charge in [0.05, 0.1) is 0 Å². The fraction of sp³-hybridized carbons (Fsp3) is 1.00. The molecule has 2 atom stereocenters. The molecule has 1 aliphatic rings. The molecule has 0 radical (unpaired) electrons. The van der Waals surface area contributed by atoms with Crippen LogP contribution in [-0.4, -0.2) is 12.6 Å². The topological polar surface area (TPSA) is 12.0 Å². The van der Waals surface area contributed by atoms with Crippen molar-refractivity contribution >= 4 is 0 Å². The quantitative estimate of drug-likeness (QED) is 0.634. The predicted octanol–water partition coefficient (Wildman–Crippen LogP) is 2.03. The summed E-state index contributed by atoms with van der Waals surface area (Å²) in [7, 11) is 0. The van der Waals surface area contributed by atoms with Crippen LogP contribution in [0.1, 0.15) is 34.1 Å². The second kappa shape index (κ2) is 2.54. The summed E-state index contributed by atoms with van der Waals surface area (Å²) in [6.45, 7) is 10.3. The SMILES string of the molecule is CCNC(C)C1CC1(C)C. The fourth-order valence-electron chi connectivity index (χ4n) is 1.83. The Hall–Kier alpha value is -0.0400. The third-order valence-electron chi connectivity index (χ3n) is 2.72. The zero-order valence-electron chi connectivity index (χ0n) is 7.57. The van der Waals surface area contributed by atoms with E-state index in [4.69, 9.17) is 0 Å². The molecule has 0 aromatic rings. The van der Waals surface area contributed by atoms with Gasteiger partial charge >= 0.3 is 0 Å². The van der Waals surface area contributed by atoms with Gasteiger partial charge in [0, 0.05) is 6.04 Å². The van der Waals surface area contributed by atoms with Crippen LogP contribution in [0.2, 0.25) is 0 Å². The van der Waals surface area contributed by atoms with Gasteiger partial charge in [0.2, 0.25) is 0 Å². The van der Waals surface area contributed by atoms with E-state index >= 15 is 0 Å². The maximum atomic E-state index is 3.46. The van der Waals surface area contributed by atoms with Gasteiger partial charge in [0.1, 0.15) is 0 Å². The lowest BCUT2D eigenvalue weighted by Gasteiger charge is -2.13. The molecule has 1 fully saturated rings. The Morgan fingerprint density at radius 2 is 2.10 bits per heavy atom. The number of hydrogen-bond donors (Lipinski definition) is 1. The molecule has 0 aromatic carbocycles. The highest BCUT2D eigenvalue weighted by Gasteiger charge is 2.48. The Labute approximate surface area is 64.2 Å². The fourth-order valence-corrected chi connectivity index (χ4v) is 1.83. The van der Waals surface area contributed by atoms with Crippen LogP contribution in [0, 0.1) is 11.3 Å². The molecule has 1 rings (SSSR count). The molecule has 0 aromatic heterocycles. The van der Waals surface area contributed by atoms with E-state index in [1.807, 2.05) is 0 Å². The van der Waals surface area contributed by atoms with Crippen LogP contribution in [-0.2, 0) is 0 Å². The third-order valence-corrected chi connectivity index (χ3v) is 2.72. The van der Waals surface area contributed by atoms with E-state index in [-0.39, 0.29) is 0 Å². The second-order valence-corrected chi connectivity index (χ2v) is 4.15. The molecule has 60 valence electrons. The van der Waals surface area contributed by atoms with Crippen LogP contribution in [0.4, 0.5) is 0 Å². The summed E-state index contributed by atoms with van der Waals surface area (Å²) in [5.74, 6) is 0.924. The lowest BCUT2D eigenvalue weighted by molar-refractivity contribution is 0.436. The first-order valence-electron chi connectivity index (χ1n) is 4.31. The van der Waals surface area contributed by atoms with Crippen molar-refractivity contribution in [3.63, 3.8) is 0 Å². The average Bonchev–Trinajstić information content (AvgIpc) is 2.41. The Morgan fingerprint density at radius 1 is 1.60 bits per heavy atom. The molecule has 0 bridgehead atoms. The summed E-state index contributed by atoms with van der Waals surface area (Å²) in [6, 6.07) is 0.722. The highest BCUT2D eigenvalue weighted by molar-refractivity contribution is 5.00. The maximum absolute atomic E-state index is 3.46. The van der Waals surface area contributed by atoms with Gasteiger partial charge < -0.3 is 5.32 Å². The average molecular weight is 141 g/mol. The van der Waals surface area contributed by atoms with Crippen LogP contribution in [0.25, 0.3) is 0 Å². The second-order valence-electron chi connectivity index (χ2n) is 4.15. The minimum atomic E-state index is 0.627. The molecule has 1 heteroatoms. The molecule has 10 heavy (non-hydrogen) atoms. The molecule has 0 aliphatic heterocycles. The van der Waals surface area contributed by atoms with E-state index in [1.54, 1.807) is 0 Å². The van der Waals surface area contributed by atoms with E-state index in [0.717, 1.165) is 18.5 Å². The molecule has 0 spiro atoms. The van der Waals surface area contributed by atoms with Gasteiger partial charge in [-0.15, -0.1) is 0 Å². The van der Waals surface area contributed by atoms with E-state index in [2.05, 4.69) is 33.0 Å². The van der Waals surface area contributed by atoms with Gasteiger partial charge in [-0.3, -0.25) is 0 Å². The summed E-state index contributed by atoms with van der Waals surface area (Å²) in [5, 5.41) is 3.46. The molecule has 1 nitrogen and oxygen atoms in total. The zero-order valence-corrected chi connectivity index (χ0v) is 7.57. The van der Waals surface area contributed by atoms with Crippen molar-refractivity contribution in [2.75, 3.05) is 6.54 Å². The molecular weight excluding hydrogens is 122 g/mol. The van der Waals surface area contributed by atoms with Crippen molar-refractivity contribution in [1.29, 1.82) is 0 Å². The van der Waals surface area contributed by atoms with E-state index in [1.165, 1.54) is 6.42 Å². The first-order valence-corrected chi connectivity index (χ1v) is 4.31. The minimum absolute atomic E-state index is 0.627. The predicted molar refractivity (Wildman–Crippen MR) is 45.0 cm³/mol. The van der Waals surface area contributed by atoms with E-state index in [0.29, 0.717) is 5.41 Å². The maximum Gasteiger partial charge on any atom is 0.00721 e. The van der Waals surface area contributed by atoms with Gasteiger partial charge in [0.15, 0.2) is 0 Å². The Morgan fingerprint density at radius 3 is 2.40 bits per heavy atom. The molecule has 2 unspecified atom stereocenters. The molecule has 0 heterocycles. The summed E-state index contributed by atoms with van der Waals surface area (Å²) in [5.41, 5.74) is 0.627. The van der Waals surface area contributed by atoms with E-state index in [9.17, 15) is 0 Å². The first kappa shape index (κ1) is 8.06. The van der Waals surface area contributed by atoms with Gasteiger partial charge in [-0.25, -0.2) is 0 Å². The monoisotopic (exact) mass is 141 g/mol. The summed E-state index contributed by atoms with van der Waals surface area (Å²) < 4.78 is 0. The lowest BCUT2D eigenvalue weighted by Crippen LogP contribution is -2.29. The molecule has 0 amide bonds. The summed E-state index contributed by atoms with van der Waals surface area (Å²) >= 11 is 0. The summed E-state index contributed by atoms with van der Waals surface area (Å²) in [4.78, 5) is 0. The van der Waals surface area contributed by atoms with Crippen molar-refractivity contribution < 1.29 is 0 Å². The van der Waals surface area contributed by atoms with Crippen molar-refractivity contribution in [2.24, 2.45) is 11.3 Å². The summed E-state index contributed by atoms with van der Waals surface area (Å²) in [6.07, 6.45) is 1.40. The Kier molecular flexibility index (Phi) is 2.04. The van der Waals surface area contributed by atoms with Gasteiger partial charge in [-0.1, -0.05) is 20.8 Å². The van der Waals surface area contributed by atoms with Gasteiger partial charge in [-0.2, -0.15) is 0 Å². The van der Waals surface area contributed by atoms with Crippen LogP contribution < -0.4 is 5.32 Å². The highest BCUT2D eigenvalue weighted by atomic mass is 14.9. The van der Waals surface area contributed by atoms with Crippen molar-refractivity contribution in [3.8, 4) is 0 Å². The zero-order chi connectivity index (χ0) is 7.78. The molecule has 0 saturated heterocycles. The van der Waals surface area contributed by atoms with Crippen LogP contribution >= 0.6 is 0 Å². The van der Waals surface area contributed by atoms with Crippen LogP contribution in [0.15, 0.2) is 0 Å². The normalized spacial score (nSPS) is 31.8.